The summed E-state index contributed by atoms with van der Waals surface area (Å²) in [7, 11) is 1.68. The number of carbonyl (C=O) groups excluding carboxylic acids is 1. The molecule has 0 spiro atoms. The van der Waals surface area contributed by atoms with E-state index >= 15 is 0 Å². The molecule has 0 aliphatic rings. The second-order valence-corrected chi connectivity index (χ2v) is 4.51. The fraction of sp³-hybridized carbons (Fsp3) is 0.500. The zero-order valence-corrected chi connectivity index (χ0v) is 11.8. The Bertz CT molecular complexity index is 395. The van der Waals surface area contributed by atoms with E-state index in [2.05, 4.69) is 5.32 Å². The SMILES string of the molecule is COCC(CCCN)Nc1ccc(OCC(N)=O)cc1. The Hall–Kier alpha value is -1.79. The lowest BCUT2D eigenvalue weighted by atomic mass is 10.1. The molecule has 0 aromatic heterocycles. The van der Waals surface area contributed by atoms with Crippen LogP contribution in [-0.4, -0.2) is 38.8 Å². The van der Waals surface area contributed by atoms with Crippen LogP contribution >= 0.6 is 0 Å². The highest BCUT2D eigenvalue weighted by atomic mass is 16.5. The number of ether oxygens (including phenoxy) is 2. The third-order valence-corrected chi connectivity index (χ3v) is 2.73. The molecular weight excluding hydrogens is 258 g/mol. The van der Waals surface area contributed by atoms with E-state index in [4.69, 9.17) is 20.9 Å². The maximum absolute atomic E-state index is 10.6. The van der Waals surface area contributed by atoms with Crippen molar-refractivity contribution in [1.82, 2.24) is 0 Å². The van der Waals surface area contributed by atoms with Crippen LogP contribution in [0.3, 0.4) is 0 Å². The highest BCUT2D eigenvalue weighted by Gasteiger charge is 2.08. The molecule has 0 fully saturated rings. The molecule has 0 saturated carbocycles. The molecule has 1 unspecified atom stereocenters. The minimum atomic E-state index is -0.492. The molecule has 6 heteroatoms. The van der Waals surface area contributed by atoms with E-state index in [1.165, 1.54) is 0 Å². The average Bonchev–Trinajstić information content (AvgIpc) is 2.44. The molecule has 112 valence electrons. The second kappa shape index (κ2) is 9.17. The number of amides is 1. The number of hydrogen-bond acceptors (Lipinski definition) is 5. The Labute approximate surface area is 119 Å². The lowest BCUT2D eigenvalue weighted by Crippen LogP contribution is -2.25. The Balaban J connectivity index is 2.51. The zero-order valence-electron chi connectivity index (χ0n) is 11.8. The van der Waals surface area contributed by atoms with Gasteiger partial charge in [-0.05, 0) is 43.7 Å². The van der Waals surface area contributed by atoms with E-state index < -0.39 is 5.91 Å². The Morgan fingerprint density at radius 1 is 1.35 bits per heavy atom. The topological polar surface area (TPSA) is 99.6 Å². The molecule has 0 aliphatic carbocycles. The van der Waals surface area contributed by atoms with E-state index in [0.29, 0.717) is 18.9 Å². The van der Waals surface area contributed by atoms with Crippen molar-refractivity contribution >= 4 is 11.6 Å². The zero-order chi connectivity index (χ0) is 14.8. The first-order valence-electron chi connectivity index (χ1n) is 6.62. The van der Waals surface area contributed by atoms with Gasteiger partial charge in [0.25, 0.3) is 5.91 Å². The number of benzene rings is 1. The number of carbonyl (C=O) groups is 1. The van der Waals surface area contributed by atoms with Gasteiger partial charge in [-0.2, -0.15) is 0 Å². The van der Waals surface area contributed by atoms with E-state index in [1.807, 2.05) is 12.1 Å². The minimum absolute atomic E-state index is 0.116. The fourth-order valence-electron chi connectivity index (χ4n) is 1.80. The van der Waals surface area contributed by atoms with Crippen LogP contribution in [0.1, 0.15) is 12.8 Å². The molecule has 0 radical (unpaired) electrons. The standard InChI is InChI=1S/C14H23N3O3/c1-19-9-12(3-2-8-15)17-11-4-6-13(7-5-11)20-10-14(16)18/h4-7,12,17H,2-3,8-10,15H2,1H3,(H2,16,18). The van der Waals surface area contributed by atoms with Crippen LogP contribution in [-0.2, 0) is 9.53 Å². The highest BCUT2D eigenvalue weighted by molar-refractivity contribution is 5.75. The van der Waals surface area contributed by atoms with Gasteiger partial charge in [0.15, 0.2) is 6.61 Å². The number of anilines is 1. The molecule has 0 bridgehead atoms. The Morgan fingerprint density at radius 3 is 2.60 bits per heavy atom. The van der Waals surface area contributed by atoms with Crippen LogP contribution < -0.4 is 21.5 Å². The van der Waals surface area contributed by atoms with Crippen molar-refractivity contribution in [2.45, 2.75) is 18.9 Å². The molecule has 1 atom stereocenters. The van der Waals surface area contributed by atoms with E-state index in [9.17, 15) is 4.79 Å². The lowest BCUT2D eigenvalue weighted by molar-refractivity contribution is -0.119. The molecule has 0 saturated heterocycles. The lowest BCUT2D eigenvalue weighted by Gasteiger charge is -2.19. The monoisotopic (exact) mass is 281 g/mol. The molecule has 0 heterocycles. The Kier molecular flexibility index (Phi) is 7.46. The summed E-state index contributed by atoms with van der Waals surface area (Å²) in [5.41, 5.74) is 11.5. The summed E-state index contributed by atoms with van der Waals surface area (Å²) in [6, 6.07) is 7.58. The predicted molar refractivity (Wildman–Crippen MR) is 78.7 cm³/mol. The molecule has 1 amide bonds. The average molecular weight is 281 g/mol. The summed E-state index contributed by atoms with van der Waals surface area (Å²) in [5, 5.41) is 3.38. The van der Waals surface area contributed by atoms with E-state index in [-0.39, 0.29) is 12.6 Å². The van der Waals surface area contributed by atoms with Crippen LogP contribution in [0.2, 0.25) is 0 Å². The van der Waals surface area contributed by atoms with Crippen LogP contribution in [0.15, 0.2) is 24.3 Å². The van der Waals surface area contributed by atoms with Crippen LogP contribution in [0.5, 0.6) is 5.75 Å². The summed E-state index contributed by atoms with van der Waals surface area (Å²) < 4.78 is 10.4. The summed E-state index contributed by atoms with van der Waals surface area (Å²) in [5.74, 6) is 0.119. The molecule has 5 N–H and O–H groups in total. The predicted octanol–water partition coefficient (Wildman–Crippen LogP) is 0.717. The number of primary amides is 1. The first-order valence-corrected chi connectivity index (χ1v) is 6.62. The molecular formula is C14H23N3O3. The number of rotatable bonds is 10. The number of hydrogen-bond donors (Lipinski definition) is 3. The van der Waals surface area contributed by atoms with Crippen molar-refractivity contribution in [3.8, 4) is 5.75 Å². The summed E-state index contributed by atoms with van der Waals surface area (Å²) in [4.78, 5) is 10.6. The van der Waals surface area contributed by atoms with Gasteiger partial charge >= 0.3 is 0 Å². The van der Waals surface area contributed by atoms with Crippen LogP contribution in [0, 0.1) is 0 Å². The van der Waals surface area contributed by atoms with Crippen molar-refractivity contribution < 1.29 is 14.3 Å². The van der Waals surface area contributed by atoms with E-state index in [0.717, 1.165) is 18.5 Å². The van der Waals surface area contributed by atoms with Crippen molar-refractivity contribution in [2.24, 2.45) is 11.5 Å². The summed E-state index contributed by atoms with van der Waals surface area (Å²) in [6.07, 6.45) is 1.89. The van der Waals surface area contributed by atoms with Gasteiger partial charge in [0.1, 0.15) is 5.75 Å². The summed E-state index contributed by atoms with van der Waals surface area (Å²) in [6.45, 7) is 1.18. The molecule has 6 nitrogen and oxygen atoms in total. The van der Waals surface area contributed by atoms with E-state index in [1.54, 1.807) is 19.2 Å². The maximum atomic E-state index is 10.6. The molecule has 1 aromatic rings. The number of methoxy groups -OCH3 is 1. The smallest absolute Gasteiger partial charge is 0.255 e. The first-order chi connectivity index (χ1) is 9.65. The third-order valence-electron chi connectivity index (χ3n) is 2.73. The molecule has 0 aliphatic heterocycles. The molecule has 20 heavy (non-hydrogen) atoms. The fourth-order valence-corrected chi connectivity index (χ4v) is 1.80. The van der Waals surface area contributed by atoms with Crippen LogP contribution in [0.25, 0.3) is 0 Å². The Morgan fingerprint density at radius 2 is 2.05 bits per heavy atom. The highest BCUT2D eigenvalue weighted by Crippen LogP contribution is 2.17. The molecule has 1 aromatic carbocycles. The quantitative estimate of drug-likeness (QED) is 0.586. The largest absolute Gasteiger partial charge is 0.484 e. The van der Waals surface area contributed by atoms with Crippen molar-refractivity contribution in [3.05, 3.63) is 24.3 Å². The van der Waals surface area contributed by atoms with Gasteiger partial charge in [-0.15, -0.1) is 0 Å². The van der Waals surface area contributed by atoms with Gasteiger partial charge in [-0.3, -0.25) is 4.79 Å². The van der Waals surface area contributed by atoms with Crippen molar-refractivity contribution in [1.29, 1.82) is 0 Å². The van der Waals surface area contributed by atoms with Gasteiger partial charge in [0, 0.05) is 18.8 Å². The van der Waals surface area contributed by atoms with Gasteiger partial charge in [-0.25, -0.2) is 0 Å². The summed E-state index contributed by atoms with van der Waals surface area (Å²) >= 11 is 0. The van der Waals surface area contributed by atoms with Crippen molar-refractivity contribution in [3.63, 3.8) is 0 Å². The van der Waals surface area contributed by atoms with Gasteiger partial charge in [0.05, 0.1) is 6.61 Å². The second-order valence-electron chi connectivity index (χ2n) is 4.51. The van der Waals surface area contributed by atoms with Crippen molar-refractivity contribution in [2.75, 3.05) is 32.2 Å². The van der Waals surface area contributed by atoms with Gasteiger partial charge in [0.2, 0.25) is 0 Å². The van der Waals surface area contributed by atoms with Crippen LogP contribution in [0.4, 0.5) is 5.69 Å². The first kappa shape index (κ1) is 16.3. The van der Waals surface area contributed by atoms with Gasteiger partial charge in [-0.1, -0.05) is 0 Å². The minimum Gasteiger partial charge on any atom is -0.484 e. The molecule has 1 rings (SSSR count). The maximum Gasteiger partial charge on any atom is 0.255 e. The number of nitrogens with one attached hydrogen (secondary N) is 1. The third kappa shape index (κ3) is 6.40. The number of nitrogens with two attached hydrogens (primary N) is 2. The van der Waals surface area contributed by atoms with Gasteiger partial charge < -0.3 is 26.3 Å². The normalized spacial score (nSPS) is 11.9.